The Labute approximate surface area is 132 Å². The lowest BCUT2D eigenvalue weighted by atomic mass is 10.1. The van der Waals surface area contributed by atoms with Crippen molar-refractivity contribution in [1.82, 2.24) is 5.43 Å². The molecule has 0 fully saturated rings. The number of unbranched alkanes of at least 4 members (excludes halogenated alkanes) is 7. The van der Waals surface area contributed by atoms with Gasteiger partial charge in [0.2, 0.25) is 0 Å². The van der Waals surface area contributed by atoms with Gasteiger partial charge in [-0.2, -0.15) is 5.10 Å². The number of carbonyl (C=O) groups excluding carboxylic acids is 1. The van der Waals surface area contributed by atoms with Gasteiger partial charge >= 0.3 is 0 Å². The third-order valence-electron chi connectivity index (χ3n) is 3.38. The van der Waals surface area contributed by atoms with Crippen LogP contribution in [0.1, 0.15) is 58.3 Å². The van der Waals surface area contributed by atoms with Crippen LogP contribution >= 0.6 is 0 Å². The molecule has 0 aromatic rings. The second kappa shape index (κ2) is 13.6. The fraction of sp³-hybridized carbons (Fsp3) is 0.867. The van der Waals surface area contributed by atoms with E-state index in [0.29, 0.717) is 0 Å². The number of nitrogens with one attached hydrogen (secondary N) is 1. The summed E-state index contributed by atoms with van der Waals surface area (Å²) in [5.74, 6) is -0.921. The first-order valence-corrected chi connectivity index (χ1v) is 8.01. The summed E-state index contributed by atoms with van der Waals surface area (Å²) in [6.07, 6.45) is 5.47. The van der Waals surface area contributed by atoms with Crippen molar-refractivity contribution in [3.05, 3.63) is 0 Å². The second-order valence-electron chi connectivity index (χ2n) is 5.38. The van der Waals surface area contributed by atoms with Gasteiger partial charge in [-0.1, -0.05) is 45.4 Å². The minimum Gasteiger partial charge on any atom is -0.394 e. The molecule has 0 unspecified atom stereocenters. The third-order valence-corrected chi connectivity index (χ3v) is 3.38. The second-order valence-corrected chi connectivity index (χ2v) is 5.38. The van der Waals surface area contributed by atoms with Crippen molar-refractivity contribution < 1.29 is 25.2 Å². The number of hydrogen-bond donors (Lipinski definition) is 5. The molecular formula is C15H30N2O5. The summed E-state index contributed by atoms with van der Waals surface area (Å²) in [5.41, 5.74) is 2.09. The van der Waals surface area contributed by atoms with E-state index in [9.17, 15) is 15.0 Å². The first-order valence-electron chi connectivity index (χ1n) is 8.01. The first-order chi connectivity index (χ1) is 10.5. The molecule has 0 aliphatic heterocycles. The minimum absolute atomic E-state index is 0.728. The molecule has 0 saturated carbocycles. The van der Waals surface area contributed by atoms with Crippen LogP contribution in [-0.4, -0.2) is 57.5 Å². The van der Waals surface area contributed by atoms with Gasteiger partial charge in [0.05, 0.1) is 6.61 Å². The van der Waals surface area contributed by atoms with Gasteiger partial charge in [-0.25, -0.2) is 5.43 Å². The monoisotopic (exact) mass is 318 g/mol. The van der Waals surface area contributed by atoms with Crippen LogP contribution in [0.25, 0.3) is 0 Å². The number of hydrazone groups is 1. The Balaban J connectivity index is 3.69. The average molecular weight is 318 g/mol. The number of carbonyl (C=O) groups is 1. The zero-order valence-corrected chi connectivity index (χ0v) is 13.3. The van der Waals surface area contributed by atoms with E-state index in [0.717, 1.165) is 19.3 Å². The molecule has 0 aromatic carbocycles. The Morgan fingerprint density at radius 2 is 1.68 bits per heavy atom. The quantitative estimate of drug-likeness (QED) is 0.190. The maximum Gasteiger partial charge on any atom is 0.271 e. The first kappa shape index (κ1) is 21.0. The molecule has 0 aliphatic carbocycles. The maximum atomic E-state index is 11.4. The fourth-order valence-corrected chi connectivity index (χ4v) is 1.91. The van der Waals surface area contributed by atoms with Crippen LogP contribution in [0, 0.1) is 0 Å². The molecule has 130 valence electrons. The topological polar surface area (TPSA) is 122 Å². The van der Waals surface area contributed by atoms with E-state index in [1.807, 2.05) is 0 Å². The highest BCUT2D eigenvalue weighted by Crippen LogP contribution is 2.07. The molecule has 0 saturated heterocycles. The lowest BCUT2D eigenvalue weighted by Crippen LogP contribution is -2.47. The SMILES string of the molecule is CCCCCCCCC/C=N/NC(=O)[C@H](O)[C@H](O)[C@H](O)CO. The number of rotatable bonds is 13. The zero-order chi connectivity index (χ0) is 16.8. The highest BCUT2D eigenvalue weighted by molar-refractivity contribution is 5.81. The predicted octanol–water partition coefficient (Wildman–Crippen LogP) is 0.304. The van der Waals surface area contributed by atoms with Gasteiger partial charge in [0.25, 0.3) is 5.91 Å². The van der Waals surface area contributed by atoms with Crippen LogP contribution < -0.4 is 5.43 Å². The van der Waals surface area contributed by atoms with E-state index >= 15 is 0 Å². The predicted molar refractivity (Wildman–Crippen MR) is 84.4 cm³/mol. The third kappa shape index (κ3) is 9.83. The van der Waals surface area contributed by atoms with E-state index in [-0.39, 0.29) is 0 Å². The summed E-state index contributed by atoms with van der Waals surface area (Å²) in [6.45, 7) is 1.44. The number of aliphatic hydroxyl groups is 4. The molecule has 7 heteroatoms. The summed E-state index contributed by atoms with van der Waals surface area (Å²) < 4.78 is 0. The lowest BCUT2D eigenvalue weighted by Gasteiger charge is -2.19. The molecule has 0 aliphatic rings. The largest absolute Gasteiger partial charge is 0.394 e. The molecule has 22 heavy (non-hydrogen) atoms. The van der Waals surface area contributed by atoms with Gasteiger partial charge in [0.15, 0.2) is 6.10 Å². The van der Waals surface area contributed by atoms with E-state index < -0.39 is 30.8 Å². The number of nitrogens with zero attached hydrogens (tertiary/aromatic N) is 1. The fourth-order valence-electron chi connectivity index (χ4n) is 1.91. The molecule has 1 amide bonds. The van der Waals surface area contributed by atoms with Gasteiger partial charge in [0, 0.05) is 6.21 Å². The van der Waals surface area contributed by atoms with Crippen molar-refractivity contribution in [2.24, 2.45) is 5.10 Å². The van der Waals surface area contributed by atoms with Crippen molar-refractivity contribution in [1.29, 1.82) is 0 Å². The molecule has 0 radical (unpaired) electrons. The van der Waals surface area contributed by atoms with Crippen LogP contribution in [0.5, 0.6) is 0 Å². The van der Waals surface area contributed by atoms with Crippen molar-refractivity contribution in [2.45, 2.75) is 76.6 Å². The number of aliphatic hydroxyl groups excluding tert-OH is 4. The van der Waals surface area contributed by atoms with Crippen LogP contribution in [0.4, 0.5) is 0 Å². The van der Waals surface area contributed by atoms with Gasteiger partial charge in [0.1, 0.15) is 12.2 Å². The maximum absolute atomic E-state index is 11.4. The van der Waals surface area contributed by atoms with Gasteiger partial charge < -0.3 is 20.4 Å². The highest BCUT2D eigenvalue weighted by Gasteiger charge is 2.29. The highest BCUT2D eigenvalue weighted by atomic mass is 16.4. The van der Waals surface area contributed by atoms with Crippen molar-refractivity contribution >= 4 is 12.1 Å². The van der Waals surface area contributed by atoms with Gasteiger partial charge in [-0.3, -0.25) is 4.79 Å². The van der Waals surface area contributed by atoms with E-state index in [1.54, 1.807) is 6.21 Å². The average Bonchev–Trinajstić information content (AvgIpc) is 2.54. The summed E-state index contributed by atoms with van der Waals surface area (Å²) in [5, 5.41) is 40.2. The molecule has 0 rings (SSSR count). The summed E-state index contributed by atoms with van der Waals surface area (Å²) in [7, 11) is 0. The Kier molecular flexibility index (Phi) is 13.0. The summed E-state index contributed by atoms with van der Waals surface area (Å²) in [4.78, 5) is 11.4. The van der Waals surface area contributed by atoms with Crippen molar-refractivity contribution in [3.63, 3.8) is 0 Å². The van der Waals surface area contributed by atoms with E-state index in [1.165, 1.54) is 32.1 Å². The Hall–Kier alpha value is -1.02. The minimum atomic E-state index is -1.84. The van der Waals surface area contributed by atoms with E-state index in [2.05, 4.69) is 17.5 Å². The molecular weight excluding hydrogens is 288 g/mol. The standard InChI is InChI=1S/C15H30N2O5/c1-2-3-4-5-6-7-8-9-10-16-17-15(22)14(21)13(20)12(19)11-18/h10,12-14,18-21H,2-9,11H2,1H3,(H,17,22)/b16-10+/t12-,13-,14-/m1/s1. The normalized spacial score (nSPS) is 15.7. The zero-order valence-electron chi connectivity index (χ0n) is 13.3. The molecule has 0 spiro atoms. The molecule has 3 atom stereocenters. The van der Waals surface area contributed by atoms with Crippen molar-refractivity contribution in [2.75, 3.05) is 6.61 Å². The van der Waals surface area contributed by atoms with Gasteiger partial charge in [-0.05, 0) is 12.8 Å². The lowest BCUT2D eigenvalue weighted by molar-refractivity contribution is -0.142. The van der Waals surface area contributed by atoms with Gasteiger partial charge in [-0.15, -0.1) is 0 Å². The summed E-state index contributed by atoms with van der Waals surface area (Å²) >= 11 is 0. The van der Waals surface area contributed by atoms with Crippen LogP contribution in [0.3, 0.4) is 0 Å². The smallest absolute Gasteiger partial charge is 0.271 e. The number of hydrogen-bond acceptors (Lipinski definition) is 6. The molecule has 0 aromatic heterocycles. The molecule has 0 bridgehead atoms. The Morgan fingerprint density at radius 1 is 1.09 bits per heavy atom. The van der Waals surface area contributed by atoms with Crippen LogP contribution in [-0.2, 0) is 4.79 Å². The number of amides is 1. The Morgan fingerprint density at radius 3 is 2.27 bits per heavy atom. The van der Waals surface area contributed by atoms with Crippen LogP contribution in [0.2, 0.25) is 0 Å². The van der Waals surface area contributed by atoms with Crippen LogP contribution in [0.15, 0.2) is 5.10 Å². The molecule has 5 N–H and O–H groups in total. The Bertz CT molecular complexity index is 312. The molecule has 0 heterocycles. The van der Waals surface area contributed by atoms with E-state index in [4.69, 9.17) is 10.2 Å². The van der Waals surface area contributed by atoms with Crippen molar-refractivity contribution in [3.8, 4) is 0 Å². The summed E-state index contributed by atoms with van der Waals surface area (Å²) in [6, 6.07) is 0. The molecule has 7 nitrogen and oxygen atoms in total.